The molecule has 3 atom stereocenters. The fraction of sp³-hybridized carbons (Fsp3) is 1.00. The van der Waals surface area contributed by atoms with Gasteiger partial charge in [0.2, 0.25) is 0 Å². The Morgan fingerprint density at radius 2 is 1.73 bits per heavy atom. The molecule has 1 saturated heterocycles. The van der Waals surface area contributed by atoms with Crippen molar-refractivity contribution < 1.29 is 9.84 Å². The fourth-order valence-corrected chi connectivity index (χ4v) is 2.53. The van der Waals surface area contributed by atoms with Crippen LogP contribution < -0.4 is 0 Å². The minimum absolute atomic E-state index is 0.382. The minimum Gasteiger partial charge on any atom is -0.396 e. The Hall–Kier alpha value is -0.0800. The first kappa shape index (κ1) is 7.56. The van der Waals surface area contributed by atoms with Crippen molar-refractivity contribution in [1.82, 2.24) is 0 Å². The van der Waals surface area contributed by atoms with Crippen molar-refractivity contribution >= 4 is 0 Å². The van der Waals surface area contributed by atoms with Crippen LogP contribution in [0.15, 0.2) is 0 Å². The van der Waals surface area contributed by atoms with Gasteiger partial charge in [-0.15, -0.1) is 0 Å². The Labute approximate surface area is 67.6 Å². The Kier molecular flexibility index (Phi) is 2.14. The predicted octanol–water partition coefficient (Wildman–Crippen LogP) is 1.04. The average molecular weight is 156 g/mol. The van der Waals surface area contributed by atoms with E-state index < -0.39 is 0 Å². The van der Waals surface area contributed by atoms with Crippen molar-refractivity contribution in [2.24, 2.45) is 17.8 Å². The average Bonchev–Trinajstić information content (AvgIpc) is 2.03. The van der Waals surface area contributed by atoms with Crippen LogP contribution >= 0.6 is 0 Å². The first-order valence-corrected chi connectivity index (χ1v) is 4.57. The van der Waals surface area contributed by atoms with Gasteiger partial charge in [0.15, 0.2) is 0 Å². The van der Waals surface area contributed by atoms with E-state index >= 15 is 0 Å². The summed E-state index contributed by atoms with van der Waals surface area (Å²) < 4.78 is 5.45. The third-order valence-electron chi connectivity index (χ3n) is 2.97. The molecule has 1 N–H and O–H groups in total. The quantitative estimate of drug-likeness (QED) is 0.614. The van der Waals surface area contributed by atoms with Gasteiger partial charge in [0, 0.05) is 19.8 Å². The van der Waals surface area contributed by atoms with E-state index in [2.05, 4.69) is 0 Å². The third-order valence-corrected chi connectivity index (χ3v) is 2.97. The normalized spacial score (nSPS) is 43.9. The summed E-state index contributed by atoms with van der Waals surface area (Å²) in [5.74, 6) is 2.07. The third kappa shape index (κ3) is 1.57. The van der Waals surface area contributed by atoms with Gasteiger partial charge < -0.3 is 9.84 Å². The molecule has 0 aromatic rings. The molecular formula is C9H16O2. The van der Waals surface area contributed by atoms with Crippen molar-refractivity contribution in [3.63, 3.8) is 0 Å². The van der Waals surface area contributed by atoms with Gasteiger partial charge in [-0.25, -0.2) is 0 Å². The summed E-state index contributed by atoms with van der Waals surface area (Å²) >= 11 is 0. The maximum Gasteiger partial charge on any atom is 0.0494 e. The van der Waals surface area contributed by atoms with Crippen LogP contribution in [-0.2, 0) is 4.74 Å². The first-order valence-electron chi connectivity index (χ1n) is 4.57. The van der Waals surface area contributed by atoms with Crippen LogP contribution in [0, 0.1) is 17.8 Å². The smallest absolute Gasteiger partial charge is 0.0494 e. The summed E-state index contributed by atoms with van der Waals surface area (Å²) in [6.45, 7) is 2.26. The zero-order valence-electron chi connectivity index (χ0n) is 6.83. The van der Waals surface area contributed by atoms with Crippen LogP contribution in [0.25, 0.3) is 0 Å². The molecule has 2 aliphatic rings. The Balaban J connectivity index is 1.94. The van der Waals surface area contributed by atoms with Crippen LogP contribution in [-0.4, -0.2) is 24.9 Å². The zero-order chi connectivity index (χ0) is 7.68. The summed E-state index contributed by atoms with van der Waals surface area (Å²) in [6, 6.07) is 0. The van der Waals surface area contributed by atoms with Crippen molar-refractivity contribution in [1.29, 1.82) is 0 Å². The van der Waals surface area contributed by atoms with Crippen LogP contribution in [0.1, 0.15) is 19.3 Å². The summed E-state index contributed by atoms with van der Waals surface area (Å²) in [5.41, 5.74) is 0. The lowest BCUT2D eigenvalue weighted by Gasteiger charge is -2.38. The number of aliphatic hydroxyl groups is 1. The van der Waals surface area contributed by atoms with Gasteiger partial charge in [0.1, 0.15) is 0 Å². The van der Waals surface area contributed by atoms with Gasteiger partial charge >= 0.3 is 0 Å². The highest BCUT2D eigenvalue weighted by Crippen LogP contribution is 2.36. The van der Waals surface area contributed by atoms with Gasteiger partial charge in [-0.05, 0) is 37.0 Å². The lowest BCUT2D eigenvalue weighted by atomic mass is 9.75. The first-order chi connectivity index (χ1) is 5.38. The molecule has 11 heavy (non-hydrogen) atoms. The maximum absolute atomic E-state index is 9.01. The molecule has 2 nitrogen and oxygen atoms in total. The van der Waals surface area contributed by atoms with E-state index in [1.165, 1.54) is 19.3 Å². The molecule has 0 radical (unpaired) electrons. The predicted molar refractivity (Wildman–Crippen MR) is 42.2 cm³/mol. The second kappa shape index (κ2) is 3.11. The summed E-state index contributed by atoms with van der Waals surface area (Å²) in [7, 11) is 0. The summed E-state index contributed by atoms with van der Waals surface area (Å²) in [6.07, 6.45) is 3.72. The van der Waals surface area contributed by atoms with E-state index in [4.69, 9.17) is 9.84 Å². The number of rotatable bonds is 1. The standard InChI is InChI=1S/C9H16O2/c10-4-7-1-8-3-9(2-7)6-11-5-8/h7-10H,1-6H2/t7?,8-,9+. The van der Waals surface area contributed by atoms with Gasteiger partial charge in [0.05, 0.1) is 0 Å². The van der Waals surface area contributed by atoms with Crippen LogP contribution in [0.5, 0.6) is 0 Å². The number of hydrogen-bond donors (Lipinski definition) is 1. The minimum atomic E-state index is 0.382. The van der Waals surface area contributed by atoms with E-state index in [0.29, 0.717) is 12.5 Å². The molecule has 1 aliphatic heterocycles. The van der Waals surface area contributed by atoms with Gasteiger partial charge in [0.25, 0.3) is 0 Å². The number of aliphatic hydroxyl groups excluding tert-OH is 1. The Morgan fingerprint density at radius 3 is 2.27 bits per heavy atom. The molecule has 64 valence electrons. The topological polar surface area (TPSA) is 29.5 Å². The van der Waals surface area contributed by atoms with Crippen LogP contribution in [0.4, 0.5) is 0 Å². The molecule has 1 heterocycles. The molecule has 2 rings (SSSR count). The highest BCUT2D eigenvalue weighted by atomic mass is 16.5. The molecule has 0 aromatic carbocycles. The number of hydrogen-bond acceptors (Lipinski definition) is 2. The Bertz CT molecular complexity index is 124. The highest BCUT2D eigenvalue weighted by Gasteiger charge is 2.31. The van der Waals surface area contributed by atoms with Gasteiger partial charge in [-0.3, -0.25) is 0 Å². The molecule has 2 bridgehead atoms. The fourth-order valence-electron chi connectivity index (χ4n) is 2.53. The van der Waals surface area contributed by atoms with Crippen molar-refractivity contribution in [2.75, 3.05) is 19.8 Å². The largest absolute Gasteiger partial charge is 0.396 e. The second-order valence-corrected chi connectivity index (χ2v) is 4.03. The molecule has 2 heteroatoms. The molecule has 1 aliphatic carbocycles. The molecule has 0 amide bonds. The maximum atomic E-state index is 9.01. The molecule has 2 fully saturated rings. The number of ether oxygens (including phenoxy) is 1. The van der Waals surface area contributed by atoms with Crippen molar-refractivity contribution in [2.45, 2.75) is 19.3 Å². The van der Waals surface area contributed by atoms with Crippen LogP contribution in [0.3, 0.4) is 0 Å². The molecule has 0 spiro atoms. The van der Waals surface area contributed by atoms with E-state index in [9.17, 15) is 0 Å². The number of fused-ring (bicyclic) bond motifs is 2. The van der Waals surface area contributed by atoms with E-state index in [1.807, 2.05) is 0 Å². The SMILES string of the molecule is OCC1C[C@H]2COC[C@@H](C1)C2. The Morgan fingerprint density at radius 1 is 1.09 bits per heavy atom. The molecule has 1 unspecified atom stereocenters. The lowest BCUT2D eigenvalue weighted by molar-refractivity contribution is -0.0346. The van der Waals surface area contributed by atoms with Gasteiger partial charge in [-0.1, -0.05) is 0 Å². The molecular weight excluding hydrogens is 140 g/mol. The monoisotopic (exact) mass is 156 g/mol. The van der Waals surface area contributed by atoms with Gasteiger partial charge in [-0.2, -0.15) is 0 Å². The summed E-state index contributed by atoms with van der Waals surface area (Å²) in [5, 5.41) is 9.01. The van der Waals surface area contributed by atoms with Crippen LogP contribution in [0.2, 0.25) is 0 Å². The second-order valence-electron chi connectivity index (χ2n) is 4.03. The summed E-state index contributed by atoms with van der Waals surface area (Å²) in [4.78, 5) is 0. The molecule has 0 aromatic heterocycles. The highest BCUT2D eigenvalue weighted by molar-refractivity contribution is 4.81. The zero-order valence-corrected chi connectivity index (χ0v) is 6.83. The van der Waals surface area contributed by atoms with Crippen molar-refractivity contribution in [3.05, 3.63) is 0 Å². The lowest BCUT2D eigenvalue weighted by Crippen LogP contribution is -2.34. The van der Waals surface area contributed by atoms with E-state index in [0.717, 1.165) is 25.0 Å². The van der Waals surface area contributed by atoms with E-state index in [-0.39, 0.29) is 0 Å². The van der Waals surface area contributed by atoms with Crippen molar-refractivity contribution in [3.8, 4) is 0 Å². The molecule has 1 saturated carbocycles. The van der Waals surface area contributed by atoms with E-state index in [1.54, 1.807) is 0 Å².